The van der Waals surface area contributed by atoms with E-state index in [1.54, 1.807) is 29.5 Å². The van der Waals surface area contributed by atoms with E-state index in [9.17, 15) is 9.18 Å². The molecule has 0 fully saturated rings. The van der Waals surface area contributed by atoms with Gasteiger partial charge in [-0.3, -0.25) is 9.48 Å². The van der Waals surface area contributed by atoms with Crippen LogP contribution >= 0.6 is 11.3 Å². The maximum Gasteiger partial charge on any atom is 0.272 e. The second-order valence-electron chi connectivity index (χ2n) is 5.02. The van der Waals surface area contributed by atoms with E-state index in [0.717, 1.165) is 16.1 Å². The van der Waals surface area contributed by atoms with Gasteiger partial charge in [-0.1, -0.05) is 18.2 Å². The number of nitrogens with one attached hydrogen (secondary N) is 1. The first-order chi connectivity index (χ1) is 11.2. The van der Waals surface area contributed by atoms with Gasteiger partial charge in [0.2, 0.25) is 0 Å². The number of hydrogen-bond acceptors (Lipinski definition) is 3. The van der Waals surface area contributed by atoms with Gasteiger partial charge in [0.15, 0.2) is 5.69 Å². The molecule has 0 aliphatic heterocycles. The first-order valence-electron chi connectivity index (χ1n) is 7.31. The molecule has 0 bridgehead atoms. The fourth-order valence-electron chi connectivity index (χ4n) is 2.27. The lowest BCUT2D eigenvalue weighted by molar-refractivity contribution is 0.0945. The summed E-state index contributed by atoms with van der Waals surface area (Å²) in [7, 11) is 0. The van der Waals surface area contributed by atoms with Crippen LogP contribution in [-0.2, 0) is 13.1 Å². The third-order valence-electron chi connectivity index (χ3n) is 3.45. The van der Waals surface area contributed by atoms with E-state index in [2.05, 4.69) is 10.4 Å². The van der Waals surface area contributed by atoms with Gasteiger partial charge >= 0.3 is 0 Å². The summed E-state index contributed by atoms with van der Waals surface area (Å²) in [5, 5.41) is 9.17. The summed E-state index contributed by atoms with van der Waals surface area (Å²) in [5.41, 5.74) is 2.17. The Hall–Kier alpha value is -2.47. The molecule has 3 rings (SSSR count). The number of thiophene rings is 1. The zero-order chi connectivity index (χ0) is 16.2. The lowest BCUT2D eigenvalue weighted by atomic mass is 10.2. The highest BCUT2D eigenvalue weighted by molar-refractivity contribution is 7.13. The number of benzene rings is 1. The van der Waals surface area contributed by atoms with Gasteiger partial charge in [0, 0.05) is 13.1 Å². The van der Waals surface area contributed by atoms with Crippen molar-refractivity contribution in [3.63, 3.8) is 0 Å². The lowest BCUT2D eigenvalue weighted by Gasteiger charge is -2.03. The monoisotopic (exact) mass is 329 g/mol. The standard InChI is InChI=1S/C17H16FN3OS/c1-2-21-15(16-4-3-9-23-16)10-14(20-21)17(22)19-11-12-5-7-13(18)8-6-12/h3-10H,2,11H2,1H3,(H,19,22). The Labute approximate surface area is 137 Å². The number of rotatable bonds is 5. The SMILES string of the molecule is CCn1nc(C(=O)NCc2ccc(F)cc2)cc1-c1cccs1. The number of carbonyl (C=O) groups is 1. The Morgan fingerprint density at radius 3 is 2.74 bits per heavy atom. The van der Waals surface area contributed by atoms with E-state index in [4.69, 9.17) is 0 Å². The van der Waals surface area contributed by atoms with Crippen LogP contribution < -0.4 is 5.32 Å². The normalized spacial score (nSPS) is 10.7. The first-order valence-corrected chi connectivity index (χ1v) is 8.19. The Bertz CT molecular complexity index is 794. The number of aryl methyl sites for hydroxylation is 1. The van der Waals surface area contributed by atoms with Gasteiger partial charge in [-0.25, -0.2) is 4.39 Å². The van der Waals surface area contributed by atoms with Crippen molar-refractivity contribution in [2.45, 2.75) is 20.0 Å². The number of nitrogens with zero attached hydrogens (tertiary/aromatic N) is 2. The molecule has 2 heterocycles. The predicted molar refractivity (Wildman–Crippen MR) is 88.8 cm³/mol. The molecular weight excluding hydrogens is 313 g/mol. The van der Waals surface area contributed by atoms with Crippen LogP contribution in [0.4, 0.5) is 4.39 Å². The summed E-state index contributed by atoms with van der Waals surface area (Å²) in [6.07, 6.45) is 0. The number of halogens is 1. The van der Waals surface area contributed by atoms with Crippen molar-refractivity contribution in [3.8, 4) is 10.6 Å². The largest absolute Gasteiger partial charge is 0.347 e. The van der Waals surface area contributed by atoms with E-state index in [0.29, 0.717) is 18.8 Å². The van der Waals surface area contributed by atoms with Crippen molar-refractivity contribution >= 4 is 17.2 Å². The first kappa shape index (κ1) is 15.4. The molecule has 3 aromatic rings. The molecule has 0 unspecified atom stereocenters. The van der Waals surface area contributed by atoms with E-state index in [1.807, 2.05) is 29.1 Å². The van der Waals surface area contributed by atoms with Gasteiger partial charge in [-0.15, -0.1) is 11.3 Å². The summed E-state index contributed by atoms with van der Waals surface area (Å²) in [5.74, 6) is -0.526. The van der Waals surface area contributed by atoms with Gasteiger partial charge < -0.3 is 5.32 Å². The molecular formula is C17H16FN3OS. The summed E-state index contributed by atoms with van der Waals surface area (Å²) in [4.78, 5) is 13.4. The maximum atomic E-state index is 12.9. The van der Waals surface area contributed by atoms with Crippen LogP contribution in [0.5, 0.6) is 0 Å². The zero-order valence-corrected chi connectivity index (χ0v) is 13.4. The van der Waals surface area contributed by atoms with Crippen LogP contribution in [0.15, 0.2) is 47.8 Å². The Morgan fingerprint density at radius 1 is 1.30 bits per heavy atom. The minimum Gasteiger partial charge on any atom is -0.347 e. The Balaban J connectivity index is 1.73. The van der Waals surface area contributed by atoms with Crippen LogP contribution in [0.3, 0.4) is 0 Å². The highest BCUT2D eigenvalue weighted by Gasteiger charge is 2.15. The fourth-order valence-corrected chi connectivity index (χ4v) is 3.01. The molecule has 6 heteroatoms. The van der Waals surface area contributed by atoms with Crippen LogP contribution in [0, 0.1) is 5.82 Å². The third-order valence-corrected chi connectivity index (χ3v) is 4.34. The fraction of sp³-hybridized carbons (Fsp3) is 0.176. The minimum atomic E-state index is -0.289. The number of amides is 1. The van der Waals surface area contributed by atoms with Gasteiger partial charge in [0.05, 0.1) is 10.6 Å². The number of carbonyl (C=O) groups excluding carboxylic acids is 1. The van der Waals surface area contributed by atoms with Gasteiger partial charge in [0.25, 0.3) is 5.91 Å². The van der Waals surface area contributed by atoms with Crippen molar-refractivity contribution < 1.29 is 9.18 Å². The predicted octanol–water partition coefficient (Wildman–Crippen LogP) is 3.70. The van der Waals surface area contributed by atoms with Crippen LogP contribution in [0.1, 0.15) is 23.0 Å². The molecule has 0 radical (unpaired) electrons. The summed E-state index contributed by atoms with van der Waals surface area (Å²) in [6.45, 7) is 3.02. The smallest absolute Gasteiger partial charge is 0.272 e. The lowest BCUT2D eigenvalue weighted by Crippen LogP contribution is -2.23. The molecule has 0 atom stereocenters. The second kappa shape index (κ2) is 6.75. The topological polar surface area (TPSA) is 46.9 Å². The molecule has 4 nitrogen and oxygen atoms in total. The quantitative estimate of drug-likeness (QED) is 0.776. The van der Waals surface area contributed by atoms with Crippen molar-refractivity contribution in [1.29, 1.82) is 0 Å². The molecule has 0 spiro atoms. The summed E-state index contributed by atoms with van der Waals surface area (Å²) >= 11 is 1.61. The molecule has 2 aromatic heterocycles. The van der Waals surface area contributed by atoms with Crippen molar-refractivity contribution in [3.05, 3.63) is 64.9 Å². The van der Waals surface area contributed by atoms with Crippen molar-refractivity contribution in [2.24, 2.45) is 0 Å². The molecule has 1 amide bonds. The number of hydrogen-bond donors (Lipinski definition) is 1. The molecule has 118 valence electrons. The van der Waals surface area contributed by atoms with Gasteiger partial charge in [-0.05, 0) is 42.1 Å². The van der Waals surface area contributed by atoms with Crippen molar-refractivity contribution in [2.75, 3.05) is 0 Å². The van der Waals surface area contributed by atoms with E-state index < -0.39 is 0 Å². The van der Waals surface area contributed by atoms with E-state index in [-0.39, 0.29) is 11.7 Å². The average molecular weight is 329 g/mol. The molecule has 1 aromatic carbocycles. The molecule has 0 aliphatic carbocycles. The molecule has 0 saturated carbocycles. The maximum absolute atomic E-state index is 12.9. The molecule has 0 aliphatic rings. The molecule has 0 saturated heterocycles. The zero-order valence-electron chi connectivity index (χ0n) is 12.6. The summed E-state index contributed by atoms with van der Waals surface area (Å²) in [6, 6.07) is 11.8. The van der Waals surface area contributed by atoms with Gasteiger partial charge in [0.1, 0.15) is 5.82 Å². The number of aromatic nitrogens is 2. The van der Waals surface area contributed by atoms with Gasteiger partial charge in [-0.2, -0.15) is 5.10 Å². The third kappa shape index (κ3) is 3.48. The van der Waals surface area contributed by atoms with E-state index >= 15 is 0 Å². The molecule has 1 N–H and O–H groups in total. The summed E-state index contributed by atoms with van der Waals surface area (Å²) < 4.78 is 14.7. The minimum absolute atomic E-state index is 0.237. The van der Waals surface area contributed by atoms with Crippen molar-refractivity contribution in [1.82, 2.24) is 15.1 Å². The Kier molecular flexibility index (Phi) is 4.52. The highest BCUT2D eigenvalue weighted by Crippen LogP contribution is 2.25. The van der Waals surface area contributed by atoms with Crippen LogP contribution in [-0.4, -0.2) is 15.7 Å². The van der Waals surface area contributed by atoms with Crippen LogP contribution in [0.25, 0.3) is 10.6 Å². The Morgan fingerprint density at radius 2 is 2.09 bits per heavy atom. The second-order valence-corrected chi connectivity index (χ2v) is 5.96. The highest BCUT2D eigenvalue weighted by atomic mass is 32.1. The molecule has 23 heavy (non-hydrogen) atoms. The average Bonchev–Trinajstić information content (AvgIpc) is 3.22. The van der Waals surface area contributed by atoms with E-state index in [1.165, 1.54) is 12.1 Å². The van der Waals surface area contributed by atoms with Crippen LogP contribution in [0.2, 0.25) is 0 Å².